The fraction of sp³-hybridized carbons (Fsp3) is 0.600. The maximum absolute atomic E-state index is 12.1. The number of aryl methyl sites for hydroxylation is 1. The van der Waals surface area contributed by atoms with Crippen LogP contribution >= 0.6 is 11.3 Å². The number of fused-ring (bicyclic) bond motifs is 1. The molecule has 2 aliphatic carbocycles. The first-order chi connectivity index (χ1) is 9.22. The number of amides is 1. The zero-order valence-corrected chi connectivity index (χ0v) is 12.2. The van der Waals surface area contributed by atoms with E-state index in [2.05, 4.69) is 23.5 Å². The lowest BCUT2D eigenvalue weighted by atomic mass is 9.90. The highest BCUT2D eigenvalue weighted by Crippen LogP contribution is 2.32. The van der Waals surface area contributed by atoms with E-state index in [1.165, 1.54) is 29.7 Å². The van der Waals surface area contributed by atoms with E-state index in [-0.39, 0.29) is 5.91 Å². The predicted molar refractivity (Wildman–Crippen MR) is 78.9 cm³/mol. The number of hydrogen-bond acceptors (Lipinski definition) is 3. The smallest absolute Gasteiger partial charge is 0.266 e. The summed E-state index contributed by atoms with van der Waals surface area (Å²) >= 11 is 1.65. The Morgan fingerprint density at radius 2 is 2.16 bits per heavy atom. The minimum absolute atomic E-state index is 0.0357. The number of nitrogens with one attached hydrogen (secondary N) is 1. The summed E-state index contributed by atoms with van der Waals surface area (Å²) in [5, 5.41) is 4.24. The first kappa shape index (κ1) is 12.9. The van der Waals surface area contributed by atoms with Crippen LogP contribution in [0.3, 0.4) is 0 Å². The summed E-state index contributed by atoms with van der Waals surface area (Å²) in [7, 11) is 0. The van der Waals surface area contributed by atoms with Crippen LogP contribution < -0.4 is 5.43 Å². The van der Waals surface area contributed by atoms with Crippen LogP contribution in [0, 0.1) is 5.92 Å². The van der Waals surface area contributed by atoms with Gasteiger partial charge in [0.05, 0.1) is 4.88 Å². The van der Waals surface area contributed by atoms with Crippen molar-refractivity contribution in [2.24, 2.45) is 11.0 Å². The van der Waals surface area contributed by atoms with Crippen LogP contribution in [0.4, 0.5) is 0 Å². The van der Waals surface area contributed by atoms with Gasteiger partial charge in [-0.05, 0) is 62.5 Å². The Hall–Kier alpha value is -1.16. The van der Waals surface area contributed by atoms with E-state index in [1.54, 1.807) is 11.3 Å². The molecule has 0 unspecified atom stereocenters. The van der Waals surface area contributed by atoms with Crippen molar-refractivity contribution in [3.05, 3.63) is 21.4 Å². The molecule has 1 saturated carbocycles. The molecule has 1 amide bonds. The Morgan fingerprint density at radius 3 is 2.95 bits per heavy atom. The second-order valence-corrected chi connectivity index (χ2v) is 6.87. The molecule has 19 heavy (non-hydrogen) atoms. The van der Waals surface area contributed by atoms with Gasteiger partial charge in [-0.1, -0.05) is 6.92 Å². The quantitative estimate of drug-likeness (QED) is 0.825. The summed E-state index contributed by atoms with van der Waals surface area (Å²) < 4.78 is 0. The molecule has 1 heterocycles. The molecule has 1 fully saturated rings. The van der Waals surface area contributed by atoms with Crippen molar-refractivity contribution in [3.63, 3.8) is 0 Å². The van der Waals surface area contributed by atoms with Crippen LogP contribution in [0.2, 0.25) is 0 Å². The molecule has 0 saturated heterocycles. The topological polar surface area (TPSA) is 41.5 Å². The first-order valence-electron chi connectivity index (χ1n) is 7.19. The van der Waals surface area contributed by atoms with Crippen LogP contribution in [0.15, 0.2) is 11.2 Å². The second kappa shape index (κ2) is 5.45. The van der Waals surface area contributed by atoms with E-state index < -0.39 is 0 Å². The number of carbonyl (C=O) groups is 1. The van der Waals surface area contributed by atoms with Crippen LogP contribution in [0.25, 0.3) is 0 Å². The van der Waals surface area contributed by atoms with E-state index >= 15 is 0 Å². The zero-order chi connectivity index (χ0) is 13.2. The van der Waals surface area contributed by atoms with E-state index in [0.29, 0.717) is 0 Å². The normalized spacial score (nSPS) is 22.2. The molecule has 1 aromatic heterocycles. The fourth-order valence-corrected chi connectivity index (χ4v) is 4.00. The molecule has 0 aliphatic heterocycles. The standard InChI is InChI=1S/C15H20N2OS/c1-10-6-7-13-11(8-10)9-14(19-13)15(18)17-16-12-4-2-3-5-12/h9-10H,2-8H2,1H3,(H,17,18)/t10-/m1/s1. The van der Waals surface area contributed by atoms with Crippen LogP contribution in [0.1, 0.15) is 59.1 Å². The lowest BCUT2D eigenvalue weighted by molar-refractivity contribution is 0.0958. The van der Waals surface area contributed by atoms with Gasteiger partial charge in [-0.25, -0.2) is 5.43 Å². The minimum Gasteiger partial charge on any atom is -0.266 e. The number of hydrazone groups is 1. The number of thiophene rings is 1. The zero-order valence-electron chi connectivity index (χ0n) is 11.4. The van der Waals surface area contributed by atoms with Gasteiger partial charge in [0.2, 0.25) is 0 Å². The molecule has 0 radical (unpaired) electrons. The maximum Gasteiger partial charge on any atom is 0.281 e. The average molecular weight is 276 g/mol. The SMILES string of the molecule is C[C@@H]1CCc2sc(C(=O)NN=C3CCCC3)cc2C1. The molecule has 3 rings (SSSR count). The van der Waals surface area contributed by atoms with E-state index in [4.69, 9.17) is 0 Å². The molecular weight excluding hydrogens is 256 g/mol. The van der Waals surface area contributed by atoms with Crippen molar-refractivity contribution < 1.29 is 4.79 Å². The van der Waals surface area contributed by atoms with Gasteiger partial charge in [0.25, 0.3) is 5.91 Å². The predicted octanol–water partition coefficient (Wildman–Crippen LogP) is 3.53. The molecule has 0 bridgehead atoms. The Labute approximate surface area is 118 Å². The summed E-state index contributed by atoms with van der Waals surface area (Å²) in [6.45, 7) is 2.28. The number of nitrogens with zero attached hydrogens (tertiary/aromatic N) is 1. The Balaban J connectivity index is 1.68. The molecule has 2 aliphatic rings. The number of hydrogen-bond donors (Lipinski definition) is 1. The Bertz CT molecular complexity index is 510. The second-order valence-electron chi connectivity index (χ2n) is 5.73. The summed E-state index contributed by atoms with van der Waals surface area (Å²) in [5.41, 5.74) is 5.24. The third-order valence-corrected chi connectivity index (χ3v) is 5.29. The molecule has 0 spiro atoms. The van der Waals surface area contributed by atoms with E-state index in [0.717, 1.165) is 42.2 Å². The molecule has 0 aromatic carbocycles. The average Bonchev–Trinajstić information content (AvgIpc) is 3.04. The van der Waals surface area contributed by atoms with Gasteiger partial charge in [0, 0.05) is 10.6 Å². The highest BCUT2D eigenvalue weighted by atomic mass is 32.1. The summed E-state index contributed by atoms with van der Waals surface area (Å²) in [6, 6.07) is 2.07. The highest BCUT2D eigenvalue weighted by Gasteiger charge is 2.20. The van der Waals surface area contributed by atoms with Crippen LogP contribution in [-0.2, 0) is 12.8 Å². The number of carbonyl (C=O) groups excluding carboxylic acids is 1. The molecule has 1 atom stereocenters. The van der Waals surface area contributed by atoms with E-state index in [1.807, 2.05) is 0 Å². The van der Waals surface area contributed by atoms with Crippen LogP contribution in [-0.4, -0.2) is 11.6 Å². The van der Waals surface area contributed by atoms with E-state index in [9.17, 15) is 4.79 Å². The third-order valence-electron chi connectivity index (χ3n) is 4.05. The van der Waals surface area contributed by atoms with Gasteiger partial charge in [0.15, 0.2) is 0 Å². The fourth-order valence-electron chi connectivity index (χ4n) is 2.90. The minimum atomic E-state index is -0.0357. The Morgan fingerprint density at radius 1 is 1.37 bits per heavy atom. The lowest BCUT2D eigenvalue weighted by Crippen LogP contribution is -2.17. The van der Waals surface area contributed by atoms with Crippen molar-refractivity contribution in [1.29, 1.82) is 0 Å². The van der Waals surface area contributed by atoms with Crippen molar-refractivity contribution >= 4 is 23.0 Å². The molecule has 102 valence electrons. The molecular formula is C15H20N2OS. The van der Waals surface area contributed by atoms with Gasteiger partial charge in [-0.2, -0.15) is 5.10 Å². The lowest BCUT2D eigenvalue weighted by Gasteiger charge is -2.16. The largest absolute Gasteiger partial charge is 0.281 e. The highest BCUT2D eigenvalue weighted by molar-refractivity contribution is 7.14. The molecule has 3 nitrogen and oxygen atoms in total. The van der Waals surface area contributed by atoms with Crippen molar-refractivity contribution in [2.75, 3.05) is 0 Å². The third kappa shape index (κ3) is 2.89. The molecule has 4 heteroatoms. The first-order valence-corrected chi connectivity index (χ1v) is 8.01. The summed E-state index contributed by atoms with van der Waals surface area (Å²) in [6.07, 6.45) is 7.99. The van der Waals surface area contributed by atoms with Gasteiger partial charge >= 0.3 is 0 Å². The monoisotopic (exact) mass is 276 g/mol. The molecule has 1 aromatic rings. The van der Waals surface area contributed by atoms with Crippen molar-refractivity contribution in [1.82, 2.24) is 5.43 Å². The summed E-state index contributed by atoms with van der Waals surface area (Å²) in [5.74, 6) is 0.711. The Kier molecular flexibility index (Phi) is 3.69. The van der Waals surface area contributed by atoms with Crippen molar-refractivity contribution in [3.8, 4) is 0 Å². The number of rotatable bonds is 2. The van der Waals surface area contributed by atoms with Crippen LogP contribution in [0.5, 0.6) is 0 Å². The summed E-state index contributed by atoms with van der Waals surface area (Å²) in [4.78, 5) is 14.3. The van der Waals surface area contributed by atoms with Gasteiger partial charge in [-0.3, -0.25) is 4.79 Å². The maximum atomic E-state index is 12.1. The van der Waals surface area contributed by atoms with Crippen molar-refractivity contribution in [2.45, 2.75) is 51.9 Å². The van der Waals surface area contributed by atoms with Gasteiger partial charge in [0.1, 0.15) is 0 Å². The van der Waals surface area contributed by atoms with Gasteiger partial charge in [-0.15, -0.1) is 11.3 Å². The molecule has 1 N–H and O–H groups in total. The van der Waals surface area contributed by atoms with Gasteiger partial charge < -0.3 is 0 Å².